The minimum Gasteiger partial charge on any atom is -0.456 e. The molecule has 0 bridgehead atoms. The van der Waals surface area contributed by atoms with E-state index < -0.39 is 0 Å². The Kier molecular flexibility index (Phi) is 6.23. The van der Waals surface area contributed by atoms with Gasteiger partial charge in [0.1, 0.15) is 11.2 Å². The fourth-order valence-electron chi connectivity index (χ4n) is 8.67. The predicted octanol–water partition coefficient (Wildman–Crippen LogP) is 12.2. The van der Waals surface area contributed by atoms with Crippen molar-refractivity contribution in [2.75, 3.05) is 0 Å². The van der Waals surface area contributed by atoms with Crippen LogP contribution in [0.4, 0.5) is 0 Å². The Morgan fingerprint density at radius 3 is 1.68 bits per heavy atom. The first-order valence-corrected chi connectivity index (χ1v) is 18.0. The Morgan fingerprint density at radius 1 is 0.453 bits per heavy atom. The van der Waals surface area contributed by atoms with E-state index in [9.17, 15) is 0 Å². The zero-order chi connectivity index (χ0) is 35.3. The lowest BCUT2D eigenvalue weighted by Crippen LogP contribution is -2.15. The normalized spacial score (nSPS) is 13.2. The van der Waals surface area contributed by atoms with E-state index in [0.29, 0.717) is 17.5 Å². The third-order valence-corrected chi connectivity index (χ3v) is 11.0. The summed E-state index contributed by atoms with van der Waals surface area (Å²) in [7, 11) is 0. The molecule has 11 rings (SSSR count). The van der Waals surface area contributed by atoms with Gasteiger partial charge in [0, 0.05) is 54.9 Å². The lowest BCUT2D eigenvalue weighted by Gasteiger charge is -2.23. The van der Waals surface area contributed by atoms with E-state index >= 15 is 0 Å². The third kappa shape index (κ3) is 4.34. The van der Waals surface area contributed by atoms with Gasteiger partial charge in [-0.2, -0.15) is 0 Å². The van der Waals surface area contributed by atoms with Crippen molar-refractivity contribution in [2.24, 2.45) is 0 Å². The maximum Gasteiger partial charge on any atom is 0.164 e. The first-order valence-electron chi connectivity index (χ1n) is 18.0. The Labute approximate surface area is 305 Å². The summed E-state index contributed by atoms with van der Waals surface area (Å²) in [4.78, 5) is 14.8. The Balaban J connectivity index is 1.08. The highest BCUT2D eigenvalue weighted by atomic mass is 16.3. The van der Waals surface area contributed by atoms with Crippen LogP contribution in [0.5, 0.6) is 0 Å². The molecule has 0 saturated heterocycles. The van der Waals surface area contributed by atoms with Crippen molar-refractivity contribution < 1.29 is 4.42 Å². The number of nitrogens with zero attached hydrogens (tertiary/aromatic N) is 4. The number of furan rings is 1. The predicted molar refractivity (Wildman–Crippen MR) is 215 cm³/mol. The molecule has 0 atom stereocenters. The largest absolute Gasteiger partial charge is 0.456 e. The van der Waals surface area contributed by atoms with E-state index in [1.165, 1.54) is 49.4 Å². The monoisotopic (exact) mass is 680 g/mol. The average molecular weight is 681 g/mol. The second-order valence-electron chi connectivity index (χ2n) is 14.4. The van der Waals surface area contributed by atoms with Crippen LogP contribution in [0.25, 0.3) is 94.7 Å². The molecule has 10 aromatic rings. The molecule has 0 spiro atoms. The molecule has 0 unspecified atom stereocenters. The number of benzene rings is 7. The standard InChI is InChI=1S/C48H32N4O/c1-48(2)42-34(35-25-26-36-33-17-10-12-20-40(33)53-44(36)43(35)48)27-28-39-41(42)37-18-9-11-19-38(37)52(39)32-23-21-31(22-24-32)47-50-45(29-13-5-3-6-14-29)49-46(51-47)30-15-7-4-8-16-30/h3-28H,1-2H3. The summed E-state index contributed by atoms with van der Waals surface area (Å²) in [5.41, 5.74) is 13.0. The number of rotatable bonds is 4. The highest BCUT2D eigenvalue weighted by Crippen LogP contribution is 2.56. The molecule has 0 aliphatic heterocycles. The molecule has 0 amide bonds. The van der Waals surface area contributed by atoms with Gasteiger partial charge in [0.25, 0.3) is 0 Å². The second-order valence-corrected chi connectivity index (χ2v) is 14.4. The van der Waals surface area contributed by atoms with Crippen LogP contribution in [0.15, 0.2) is 162 Å². The van der Waals surface area contributed by atoms with E-state index in [1.807, 2.05) is 66.7 Å². The van der Waals surface area contributed by atoms with Crippen LogP contribution in [-0.2, 0) is 5.41 Å². The number of aromatic nitrogens is 4. The molecule has 7 aromatic carbocycles. The van der Waals surface area contributed by atoms with Crippen molar-refractivity contribution >= 4 is 43.7 Å². The maximum atomic E-state index is 6.63. The highest BCUT2D eigenvalue weighted by molar-refractivity contribution is 6.16. The third-order valence-electron chi connectivity index (χ3n) is 11.0. The van der Waals surface area contributed by atoms with Gasteiger partial charge in [-0.15, -0.1) is 0 Å². The van der Waals surface area contributed by atoms with Crippen molar-refractivity contribution in [1.29, 1.82) is 0 Å². The molecule has 5 heteroatoms. The molecule has 250 valence electrons. The lowest BCUT2D eigenvalue weighted by atomic mass is 9.80. The van der Waals surface area contributed by atoms with E-state index in [0.717, 1.165) is 38.9 Å². The van der Waals surface area contributed by atoms with Crippen LogP contribution in [0.3, 0.4) is 0 Å². The quantitative estimate of drug-likeness (QED) is 0.186. The molecule has 3 heterocycles. The van der Waals surface area contributed by atoms with Crippen molar-refractivity contribution in [2.45, 2.75) is 19.3 Å². The van der Waals surface area contributed by atoms with Crippen LogP contribution in [0.1, 0.15) is 25.0 Å². The molecule has 0 radical (unpaired) electrons. The van der Waals surface area contributed by atoms with Gasteiger partial charge in [-0.3, -0.25) is 0 Å². The smallest absolute Gasteiger partial charge is 0.164 e. The van der Waals surface area contributed by atoms with Crippen molar-refractivity contribution in [3.05, 3.63) is 169 Å². The summed E-state index contributed by atoms with van der Waals surface area (Å²) in [6.07, 6.45) is 0. The summed E-state index contributed by atoms with van der Waals surface area (Å²) in [5, 5.41) is 4.85. The summed E-state index contributed by atoms with van der Waals surface area (Å²) >= 11 is 0. The number of para-hydroxylation sites is 2. The second kappa shape index (κ2) is 11.1. The Morgan fingerprint density at radius 2 is 1.00 bits per heavy atom. The van der Waals surface area contributed by atoms with Crippen molar-refractivity contribution in [3.63, 3.8) is 0 Å². The Bertz CT molecular complexity index is 3010. The molecule has 0 saturated carbocycles. The van der Waals surface area contributed by atoms with Gasteiger partial charge in [0.05, 0.1) is 11.0 Å². The van der Waals surface area contributed by atoms with Crippen LogP contribution >= 0.6 is 0 Å². The Hall–Kier alpha value is -6.85. The minimum atomic E-state index is -0.290. The topological polar surface area (TPSA) is 56.7 Å². The van der Waals surface area contributed by atoms with Gasteiger partial charge in [-0.1, -0.05) is 123 Å². The van der Waals surface area contributed by atoms with E-state index in [4.69, 9.17) is 19.4 Å². The first kappa shape index (κ1) is 29.8. The van der Waals surface area contributed by atoms with Crippen LogP contribution in [0, 0.1) is 0 Å². The van der Waals surface area contributed by atoms with Crippen molar-refractivity contribution in [1.82, 2.24) is 19.5 Å². The summed E-state index contributed by atoms with van der Waals surface area (Å²) in [6, 6.07) is 55.1. The number of hydrogen-bond donors (Lipinski definition) is 0. The summed E-state index contributed by atoms with van der Waals surface area (Å²) in [6.45, 7) is 4.71. The molecule has 53 heavy (non-hydrogen) atoms. The maximum absolute atomic E-state index is 6.63. The van der Waals surface area contributed by atoms with Gasteiger partial charge < -0.3 is 8.98 Å². The minimum absolute atomic E-state index is 0.290. The molecular formula is C48H32N4O. The zero-order valence-electron chi connectivity index (χ0n) is 29.2. The fraction of sp³-hybridized carbons (Fsp3) is 0.0625. The van der Waals surface area contributed by atoms with Crippen LogP contribution in [-0.4, -0.2) is 19.5 Å². The molecule has 1 aliphatic carbocycles. The SMILES string of the molecule is CC1(C)c2c(ccc3c2oc2ccccc23)-c2ccc3c(c21)c1ccccc1n3-c1ccc(-c2nc(-c3ccccc3)nc(-c3ccccc3)n2)cc1. The number of fused-ring (bicyclic) bond motifs is 11. The molecule has 5 nitrogen and oxygen atoms in total. The molecule has 1 aliphatic rings. The molecule has 0 fully saturated rings. The van der Waals surface area contributed by atoms with Gasteiger partial charge in [-0.05, 0) is 65.2 Å². The van der Waals surface area contributed by atoms with Crippen LogP contribution in [0.2, 0.25) is 0 Å². The summed E-state index contributed by atoms with van der Waals surface area (Å²) < 4.78 is 9.02. The van der Waals surface area contributed by atoms with Gasteiger partial charge >= 0.3 is 0 Å². The highest BCUT2D eigenvalue weighted by Gasteiger charge is 2.41. The number of hydrogen-bond acceptors (Lipinski definition) is 4. The molecule has 3 aromatic heterocycles. The molecule has 0 N–H and O–H groups in total. The van der Waals surface area contributed by atoms with Crippen LogP contribution < -0.4 is 0 Å². The lowest BCUT2D eigenvalue weighted by molar-refractivity contribution is 0.622. The van der Waals surface area contributed by atoms with E-state index in [-0.39, 0.29) is 5.41 Å². The van der Waals surface area contributed by atoms with E-state index in [2.05, 4.69) is 109 Å². The van der Waals surface area contributed by atoms with Gasteiger partial charge in [0.2, 0.25) is 0 Å². The fourth-order valence-corrected chi connectivity index (χ4v) is 8.67. The summed E-state index contributed by atoms with van der Waals surface area (Å²) in [5.74, 6) is 1.94. The van der Waals surface area contributed by atoms with Crippen molar-refractivity contribution in [3.8, 4) is 51.0 Å². The van der Waals surface area contributed by atoms with Gasteiger partial charge in [0.15, 0.2) is 17.5 Å². The zero-order valence-corrected chi connectivity index (χ0v) is 29.2. The van der Waals surface area contributed by atoms with Gasteiger partial charge in [-0.25, -0.2) is 15.0 Å². The average Bonchev–Trinajstić information content (AvgIpc) is 3.83. The first-order chi connectivity index (χ1) is 26.0. The molecular weight excluding hydrogens is 649 g/mol. The van der Waals surface area contributed by atoms with E-state index in [1.54, 1.807) is 0 Å².